The molecule has 0 unspecified atom stereocenters. The molecule has 1 heterocycles. The molecule has 90 valence electrons. The maximum Gasteiger partial charge on any atom is 0.0409 e. The fourth-order valence-electron chi connectivity index (χ4n) is 1.96. The van der Waals surface area contributed by atoms with Crippen molar-refractivity contribution in [2.24, 2.45) is 0 Å². The van der Waals surface area contributed by atoms with Crippen molar-refractivity contribution < 1.29 is 0 Å². The molecule has 16 heavy (non-hydrogen) atoms. The fraction of sp³-hybridized carbons (Fsp3) is 0.667. The highest BCUT2D eigenvalue weighted by molar-refractivity contribution is 5.21. The predicted octanol–water partition coefficient (Wildman–Crippen LogP) is 4.33. The van der Waals surface area contributed by atoms with Crippen molar-refractivity contribution in [3.63, 3.8) is 0 Å². The van der Waals surface area contributed by atoms with Crippen LogP contribution in [0.3, 0.4) is 0 Å². The number of hydrogen-bond acceptors (Lipinski definition) is 1. The van der Waals surface area contributed by atoms with Crippen molar-refractivity contribution in [1.29, 1.82) is 0 Å². The zero-order valence-electron chi connectivity index (χ0n) is 11.1. The lowest BCUT2D eigenvalue weighted by Gasteiger charge is -2.06. The number of unbranched alkanes of at least 4 members (excludes halogenated alkanes) is 3. The first-order valence-electron chi connectivity index (χ1n) is 6.78. The molecular formula is C15H25N. The minimum Gasteiger partial charge on any atom is -0.258 e. The average molecular weight is 219 g/mol. The molecule has 0 amide bonds. The van der Waals surface area contributed by atoms with Crippen LogP contribution in [0, 0.1) is 0 Å². The average Bonchev–Trinajstić information content (AvgIpc) is 2.34. The highest BCUT2D eigenvalue weighted by atomic mass is 14.7. The molecule has 0 spiro atoms. The first-order valence-corrected chi connectivity index (χ1v) is 6.78. The molecule has 0 aliphatic heterocycles. The Labute approximate surface area is 100 Å². The van der Waals surface area contributed by atoms with E-state index in [1.54, 1.807) is 0 Å². The molecule has 0 aliphatic rings. The molecule has 1 heteroatoms. The van der Waals surface area contributed by atoms with Gasteiger partial charge >= 0.3 is 0 Å². The van der Waals surface area contributed by atoms with Crippen molar-refractivity contribution in [2.45, 2.75) is 65.7 Å². The Balaban J connectivity index is 2.57. The summed E-state index contributed by atoms with van der Waals surface area (Å²) in [6.07, 6.45) is 8.62. The summed E-state index contributed by atoms with van der Waals surface area (Å²) in [5.41, 5.74) is 3.99. The summed E-state index contributed by atoms with van der Waals surface area (Å²) in [7, 11) is 0. The minimum absolute atomic E-state index is 1.05. The molecule has 0 aromatic carbocycles. The van der Waals surface area contributed by atoms with E-state index in [0.29, 0.717) is 0 Å². The lowest BCUT2D eigenvalue weighted by atomic mass is 10.1. The zero-order chi connectivity index (χ0) is 11.8. The van der Waals surface area contributed by atoms with Crippen LogP contribution in [-0.4, -0.2) is 4.98 Å². The van der Waals surface area contributed by atoms with E-state index < -0.39 is 0 Å². The number of rotatable bonds is 7. The van der Waals surface area contributed by atoms with Crippen molar-refractivity contribution in [1.82, 2.24) is 4.98 Å². The molecule has 0 aliphatic carbocycles. The van der Waals surface area contributed by atoms with E-state index in [1.165, 1.54) is 42.6 Å². The van der Waals surface area contributed by atoms with E-state index in [9.17, 15) is 0 Å². The smallest absolute Gasteiger partial charge is 0.0409 e. The van der Waals surface area contributed by atoms with Crippen LogP contribution in [0.2, 0.25) is 0 Å². The quantitative estimate of drug-likeness (QED) is 0.622. The first-order chi connectivity index (χ1) is 7.80. The second-order valence-electron chi connectivity index (χ2n) is 4.48. The van der Waals surface area contributed by atoms with Crippen LogP contribution in [-0.2, 0) is 19.3 Å². The van der Waals surface area contributed by atoms with Crippen molar-refractivity contribution in [2.75, 3.05) is 0 Å². The number of hydrogen-bond donors (Lipinski definition) is 0. The largest absolute Gasteiger partial charge is 0.258 e. The third kappa shape index (κ3) is 4.34. The summed E-state index contributed by atoms with van der Waals surface area (Å²) in [6.45, 7) is 6.66. The lowest BCUT2D eigenvalue weighted by Crippen LogP contribution is -1.98. The molecule has 0 N–H and O–H groups in total. The third-order valence-electron chi connectivity index (χ3n) is 3.05. The van der Waals surface area contributed by atoms with E-state index in [2.05, 4.69) is 32.9 Å². The molecule has 0 bridgehead atoms. The van der Waals surface area contributed by atoms with Gasteiger partial charge in [0.15, 0.2) is 0 Å². The normalized spacial score (nSPS) is 10.7. The van der Waals surface area contributed by atoms with Gasteiger partial charge in [0.1, 0.15) is 0 Å². The van der Waals surface area contributed by atoms with Gasteiger partial charge in [0.25, 0.3) is 0 Å². The van der Waals surface area contributed by atoms with Gasteiger partial charge in [-0.1, -0.05) is 40.0 Å². The van der Waals surface area contributed by atoms with Crippen LogP contribution in [0.15, 0.2) is 12.1 Å². The van der Waals surface area contributed by atoms with Gasteiger partial charge in [0.05, 0.1) is 0 Å². The zero-order valence-corrected chi connectivity index (χ0v) is 11.1. The van der Waals surface area contributed by atoms with E-state index in [-0.39, 0.29) is 0 Å². The number of aromatic nitrogens is 1. The Morgan fingerprint density at radius 3 is 2.25 bits per heavy atom. The SMILES string of the molecule is CCCCCCc1cc(CC)cc(CC)n1. The Hall–Kier alpha value is -0.850. The molecule has 0 saturated carbocycles. The van der Waals surface area contributed by atoms with Crippen LogP contribution in [0.1, 0.15) is 63.4 Å². The second kappa shape index (κ2) is 7.43. The number of aryl methyl sites for hydroxylation is 3. The van der Waals surface area contributed by atoms with Crippen molar-refractivity contribution in [3.05, 3.63) is 29.1 Å². The van der Waals surface area contributed by atoms with Gasteiger partial charge in [0, 0.05) is 11.4 Å². The van der Waals surface area contributed by atoms with Gasteiger partial charge in [-0.2, -0.15) is 0 Å². The maximum absolute atomic E-state index is 4.70. The van der Waals surface area contributed by atoms with Gasteiger partial charge in [-0.15, -0.1) is 0 Å². The topological polar surface area (TPSA) is 12.9 Å². The van der Waals surface area contributed by atoms with Gasteiger partial charge in [-0.05, 0) is 43.4 Å². The van der Waals surface area contributed by atoms with E-state index in [4.69, 9.17) is 4.98 Å². The van der Waals surface area contributed by atoms with E-state index in [1.807, 2.05) is 0 Å². The molecule has 0 radical (unpaired) electrons. The molecule has 0 saturated heterocycles. The first kappa shape index (κ1) is 13.2. The van der Waals surface area contributed by atoms with Gasteiger partial charge in [-0.25, -0.2) is 0 Å². The van der Waals surface area contributed by atoms with Crippen molar-refractivity contribution in [3.8, 4) is 0 Å². The number of pyridine rings is 1. The lowest BCUT2D eigenvalue weighted by molar-refractivity contribution is 0.659. The third-order valence-corrected chi connectivity index (χ3v) is 3.05. The molecular weight excluding hydrogens is 194 g/mol. The predicted molar refractivity (Wildman–Crippen MR) is 70.8 cm³/mol. The Morgan fingerprint density at radius 1 is 0.875 bits per heavy atom. The Bertz CT molecular complexity index is 282. The summed E-state index contributed by atoms with van der Waals surface area (Å²) >= 11 is 0. The van der Waals surface area contributed by atoms with Gasteiger partial charge < -0.3 is 0 Å². The van der Waals surface area contributed by atoms with Crippen LogP contribution >= 0.6 is 0 Å². The maximum atomic E-state index is 4.70. The standard InChI is InChI=1S/C15H25N/c1-4-7-8-9-10-15-12-13(5-2)11-14(6-3)16-15/h11-12H,4-10H2,1-3H3. The molecule has 1 aromatic heterocycles. The van der Waals surface area contributed by atoms with E-state index in [0.717, 1.165) is 19.3 Å². The fourth-order valence-corrected chi connectivity index (χ4v) is 1.96. The Morgan fingerprint density at radius 2 is 1.62 bits per heavy atom. The van der Waals surface area contributed by atoms with Crippen LogP contribution < -0.4 is 0 Å². The highest BCUT2D eigenvalue weighted by Crippen LogP contribution is 2.11. The summed E-state index contributed by atoms with van der Waals surface area (Å²) in [4.78, 5) is 4.70. The van der Waals surface area contributed by atoms with E-state index >= 15 is 0 Å². The van der Waals surface area contributed by atoms with Crippen LogP contribution in [0.25, 0.3) is 0 Å². The van der Waals surface area contributed by atoms with Crippen molar-refractivity contribution >= 4 is 0 Å². The summed E-state index contributed by atoms with van der Waals surface area (Å²) in [6, 6.07) is 4.53. The van der Waals surface area contributed by atoms with Crippen LogP contribution in [0.4, 0.5) is 0 Å². The van der Waals surface area contributed by atoms with Crippen LogP contribution in [0.5, 0.6) is 0 Å². The molecule has 1 rings (SSSR count). The monoisotopic (exact) mass is 219 g/mol. The highest BCUT2D eigenvalue weighted by Gasteiger charge is 2.00. The minimum atomic E-state index is 1.05. The van der Waals surface area contributed by atoms with Gasteiger partial charge in [-0.3, -0.25) is 4.98 Å². The summed E-state index contributed by atoms with van der Waals surface area (Å²) < 4.78 is 0. The summed E-state index contributed by atoms with van der Waals surface area (Å²) in [5.74, 6) is 0. The summed E-state index contributed by atoms with van der Waals surface area (Å²) in [5, 5.41) is 0. The molecule has 1 aromatic rings. The second-order valence-corrected chi connectivity index (χ2v) is 4.48. The van der Waals surface area contributed by atoms with Gasteiger partial charge in [0.2, 0.25) is 0 Å². The molecule has 0 atom stereocenters. The number of nitrogens with zero attached hydrogens (tertiary/aromatic N) is 1. The Kier molecular flexibility index (Phi) is 6.14. The molecule has 1 nitrogen and oxygen atoms in total. The molecule has 0 fully saturated rings.